The van der Waals surface area contributed by atoms with E-state index in [0.717, 1.165) is 16.0 Å². The summed E-state index contributed by atoms with van der Waals surface area (Å²) in [4.78, 5) is 48.2. The highest BCUT2D eigenvalue weighted by Crippen LogP contribution is 2.28. The molecule has 0 atom stereocenters. The van der Waals surface area contributed by atoms with Crippen molar-refractivity contribution in [3.63, 3.8) is 0 Å². The number of carbonyl (C=O) groups is 2. The second kappa shape index (κ2) is 10.4. The van der Waals surface area contributed by atoms with Crippen LogP contribution in [0.3, 0.4) is 0 Å². The van der Waals surface area contributed by atoms with Crippen molar-refractivity contribution in [1.29, 1.82) is 0 Å². The average Bonchev–Trinajstić information content (AvgIpc) is 3.05. The Hall–Kier alpha value is -2.84. The summed E-state index contributed by atoms with van der Waals surface area (Å²) >= 11 is 0. The van der Waals surface area contributed by atoms with E-state index in [4.69, 9.17) is 19.6 Å². The molecule has 2 aromatic rings. The summed E-state index contributed by atoms with van der Waals surface area (Å²) in [5, 5.41) is 0. The number of amides is 2. The van der Waals surface area contributed by atoms with Crippen LogP contribution in [-0.4, -0.2) is 29.5 Å². The van der Waals surface area contributed by atoms with Crippen LogP contribution in [-0.2, 0) is 40.3 Å². The first-order valence-electron chi connectivity index (χ1n) is 10.9. The second-order valence-corrected chi connectivity index (χ2v) is 8.95. The number of benzene rings is 2. The minimum atomic E-state index is -0.988. The van der Waals surface area contributed by atoms with Gasteiger partial charge in [-0.1, -0.05) is 60.7 Å². The summed E-state index contributed by atoms with van der Waals surface area (Å²) in [6.07, 6.45) is 0.495. The summed E-state index contributed by atoms with van der Waals surface area (Å²) < 4.78 is 0. The summed E-state index contributed by atoms with van der Waals surface area (Å²) in [6, 6.07) is 19.3. The molecule has 1 heterocycles. The molecule has 1 aliphatic heterocycles. The number of hydrogen-bond acceptors (Lipinski definition) is 6. The maximum Gasteiger partial charge on any atom is 0.256 e. The molecule has 3 rings (SSSR count). The maximum atomic E-state index is 12.2. The molecule has 0 saturated heterocycles. The maximum absolute atomic E-state index is 12.2. The van der Waals surface area contributed by atoms with Crippen LogP contribution in [0.2, 0.25) is 0 Å². The van der Waals surface area contributed by atoms with Gasteiger partial charge in [0.15, 0.2) is 0 Å². The van der Waals surface area contributed by atoms with Gasteiger partial charge in [-0.2, -0.15) is 0 Å². The lowest BCUT2D eigenvalue weighted by atomic mass is 9.99. The van der Waals surface area contributed by atoms with Gasteiger partial charge < -0.3 is 0 Å². The van der Waals surface area contributed by atoms with Crippen molar-refractivity contribution < 1.29 is 29.1 Å². The molecule has 7 heteroatoms. The number of carbonyl (C=O) groups excluding carboxylic acids is 2. The van der Waals surface area contributed by atoms with E-state index in [1.165, 1.54) is 6.08 Å². The van der Waals surface area contributed by atoms with Crippen LogP contribution in [0.25, 0.3) is 0 Å². The molecule has 0 saturated carbocycles. The molecule has 33 heavy (non-hydrogen) atoms. The molecule has 0 fully saturated rings. The number of nitrogens with zero attached hydrogens (tertiary/aromatic N) is 1. The average molecular weight is 454 g/mol. The van der Waals surface area contributed by atoms with Gasteiger partial charge in [0.05, 0.1) is 0 Å². The van der Waals surface area contributed by atoms with Gasteiger partial charge in [0.1, 0.15) is 11.2 Å². The predicted octanol–water partition coefficient (Wildman–Crippen LogP) is 4.78. The minimum Gasteiger partial charge on any atom is -0.275 e. The topological polar surface area (TPSA) is 74.3 Å². The quantitative estimate of drug-likeness (QED) is 0.211. The zero-order valence-corrected chi connectivity index (χ0v) is 19.7. The third kappa shape index (κ3) is 6.36. The number of imide groups is 1. The van der Waals surface area contributed by atoms with Crippen LogP contribution in [0.5, 0.6) is 0 Å². The summed E-state index contributed by atoms with van der Waals surface area (Å²) in [7, 11) is 0. The monoisotopic (exact) mass is 453 g/mol. The van der Waals surface area contributed by atoms with E-state index in [-0.39, 0.29) is 24.8 Å². The van der Waals surface area contributed by atoms with Crippen LogP contribution in [0.4, 0.5) is 0 Å². The second-order valence-electron chi connectivity index (χ2n) is 8.95. The Balaban J connectivity index is 1.67. The van der Waals surface area contributed by atoms with Crippen molar-refractivity contribution in [2.75, 3.05) is 6.54 Å². The van der Waals surface area contributed by atoms with Crippen molar-refractivity contribution in [2.24, 2.45) is 0 Å². The Morgan fingerprint density at radius 3 is 1.64 bits per heavy atom. The van der Waals surface area contributed by atoms with Crippen molar-refractivity contribution >= 4 is 11.8 Å². The number of rotatable bonds is 11. The molecule has 0 N–H and O–H groups in total. The first-order chi connectivity index (χ1) is 15.6. The first kappa shape index (κ1) is 24.8. The molecule has 0 bridgehead atoms. The number of hydrogen-bond donors (Lipinski definition) is 0. The lowest BCUT2D eigenvalue weighted by Gasteiger charge is -2.30. The first-order valence-corrected chi connectivity index (χ1v) is 10.9. The van der Waals surface area contributed by atoms with Gasteiger partial charge in [0.2, 0.25) is 6.29 Å². The molecule has 176 valence electrons. The smallest absolute Gasteiger partial charge is 0.256 e. The molecule has 7 nitrogen and oxygen atoms in total. The summed E-state index contributed by atoms with van der Waals surface area (Å²) in [6.45, 7) is 9.19. The molecule has 0 aromatic heterocycles. The van der Waals surface area contributed by atoms with E-state index < -0.39 is 17.5 Å². The van der Waals surface area contributed by atoms with Crippen LogP contribution >= 0.6 is 0 Å². The van der Waals surface area contributed by atoms with Gasteiger partial charge in [-0.25, -0.2) is 19.6 Å². The standard InChI is InChI=1S/C26H31NO6/c1-19-18-22(28)27(24(19)29)17-16-23(30-32-25(2,3)20-12-8-6-9-13-20)31-33-26(4,5)21-14-10-7-11-15-21/h6-15,18,23H,16-17H2,1-5H3. The van der Waals surface area contributed by atoms with E-state index in [2.05, 4.69) is 0 Å². The fourth-order valence-corrected chi connectivity index (χ4v) is 3.32. The molecule has 0 unspecified atom stereocenters. The summed E-state index contributed by atoms with van der Waals surface area (Å²) in [5.74, 6) is -0.679. The van der Waals surface area contributed by atoms with E-state index in [1.807, 2.05) is 88.4 Å². The van der Waals surface area contributed by atoms with Crippen LogP contribution in [0.1, 0.15) is 52.2 Å². The Morgan fingerprint density at radius 2 is 1.24 bits per heavy atom. The van der Waals surface area contributed by atoms with Crippen molar-refractivity contribution in [1.82, 2.24) is 4.90 Å². The third-order valence-electron chi connectivity index (χ3n) is 5.44. The van der Waals surface area contributed by atoms with Gasteiger partial charge in [0, 0.05) is 24.6 Å². The van der Waals surface area contributed by atoms with Crippen molar-refractivity contribution in [3.05, 3.63) is 83.4 Å². The van der Waals surface area contributed by atoms with Gasteiger partial charge in [0.25, 0.3) is 11.8 Å². The Kier molecular flexibility index (Phi) is 7.81. The SMILES string of the molecule is CC1=CC(=O)N(CCC(OOC(C)(C)c2ccccc2)OOC(C)(C)c2ccccc2)C1=O. The highest BCUT2D eigenvalue weighted by molar-refractivity contribution is 6.15. The van der Waals surface area contributed by atoms with E-state index in [1.54, 1.807) is 6.92 Å². The van der Waals surface area contributed by atoms with Gasteiger partial charge >= 0.3 is 0 Å². The lowest BCUT2D eigenvalue weighted by molar-refractivity contribution is -0.504. The predicted molar refractivity (Wildman–Crippen MR) is 122 cm³/mol. The van der Waals surface area contributed by atoms with Gasteiger partial charge in [-0.05, 0) is 45.7 Å². The Bertz CT molecular complexity index is 929. The van der Waals surface area contributed by atoms with Gasteiger partial charge in [-0.15, -0.1) is 0 Å². The Labute approximate surface area is 194 Å². The molecule has 2 amide bonds. The van der Waals surface area contributed by atoms with Crippen molar-refractivity contribution in [3.8, 4) is 0 Å². The van der Waals surface area contributed by atoms with Gasteiger partial charge in [-0.3, -0.25) is 14.5 Å². The van der Waals surface area contributed by atoms with Crippen LogP contribution in [0, 0.1) is 0 Å². The highest BCUT2D eigenvalue weighted by atomic mass is 17.3. The molecule has 1 aliphatic rings. The molecule has 0 radical (unpaired) electrons. The highest BCUT2D eigenvalue weighted by Gasteiger charge is 2.32. The molecular weight excluding hydrogens is 422 g/mol. The molecule has 0 aliphatic carbocycles. The van der Waals surface area contributed by atoms with Crippen LogP contribution in [0.15, 0.2) is 72.3 Å². The summed E-state index contributed by atoms with van der Waals surface area (Å²) in [5.41, 5.74) is 0.698. The third-order valence-corrected chi connectivity index (χ3v) is 5.44. The lowest BCUT2D eigenvalue weighted by Crippen LogP contribution is -2.36. The largest absolute Gasteiger partial charge is 0.275 e. The van der Waals surface area contributed by atoms with E-state index in [9.17, 15) is 9.59 Å². The molecule has 0 spiro atoms. The van der Waals surface area contributed by atoms with E-state index >= 15 is 0 Å². The molecular formula is C26H31NO6. The minimum absolute atomic E-state index is 0.0976. The fraction of sp³-hybridized carbons (Fsp3) is 0.385. The van der Waals surface area contributed by atoms with E-state index in [0.29, 0.717) is 5.57 Å². The zero-order chi connectivity index (χ0) is 24.1. The zero-order valence-electron chi connectivity index (χ0n) is 19.7. The van der Waals surface area contributed by atoms with Crippen molar-refractivity contribution in [2.45, 2.75) is 58.5 Å². The fourth-order valence-electron chi connectivity index (χ4n) is 3.32. The Morgan fingerprint density at radius 1 is 0.788 bits per heavy atom. The normalized spacial score (nSPS) is 14.8. The molecule has 2 aromatic carbocycles. The van der Waals surface area contributed by atoms with Crippen LogP contribution < -0.4 is 0 Å².